The summed E-state index contributed by atoms with van der Waals surface area (Å²) in [7, 11) is 0. The van der Waals surface area contributed by atoms with Crippen LogP contribution in [0, 0.1) is 0 Å². The monoisotopic (exact) mass is 376 g/mol. The fourth-order valence-electron chi connectivity index (χ4n) is 2.43. The Balaban J connectivity index is 1.96. The van der Waals surface area contributed by atoms with Crippen molar-refractivity contribution in [2.24, 2.45) is 0 Å². The Morgan fingerprint density at radius 2 is 1.76 bits per heavy atom. The van der Waals surface area contributed by atoms with Crippen molar-refractivity contribution in [2.45, 2.75) is 6.92 Å². The zero-order chi connectivity index (χ0) is 18.0. The molecule has 1 aliphatic rings. The van der Waals surface area contributed by atoms with Gasteiger partial charge in [-0.25, -0.2) is 9.69 Å². The molecular weight excluding hydrogens is 363 g/mol. The van der Waals surface area contributed by atoms with Crippen LogP contribution in [0.1, 0.15) is 12.5 Å². The first-order valence-corrected chi connectivity index (χ1v) is 8.30. The summed E-state index contributed by atoms with van der Waals surface area (Å²) in [6.45, 7) is 2.32. The van der Waals surface area contributed by atoms with Gasteiger partial charge in [0.05, 0.1) is 12.3 Å². The van der Waals surface area contributed by atoms with E-state index in [0.29, 0.717) is 33.7 Å². The zero-order valence-corrected chi connectivity index (χ0v) is 14.8. The van der Waals surface area contributed by atoms with Gasteiger partial charge >= 0.3 is 6.03 Å². The highest BCUT2D eigenvalue weighted by atomic mass is 35.5. The summed E-state index contributed by atoms with van der Waals surface area (Å²) in [6, 6.07) is 11.0. The minimum Gasteiger partial charge on any atom is -0.493 e. The van der Waals surface area contributed by atoms with Crippen LogP contribution in [0.15, 0.2) is 48.2 Å². The highest BCUT2D eigenvalue weighted by Gasteiger charge is 2.35. The molecule has 1 heterocycles. The van der Waals surface area contributed by atoms with Crippen LogP contribution in [0.5, 0.6) is 5.75 Å². The molecule has 128 valence electrons. The molecule has 1 saturated heterocycles. The molecule has 7 heteroatoms. The van der Waals surface area contributed by atoms with Gasteiger partial charge in [-0.2, -0.15) is 0 Å². The number of benzene rings is 2. The number of urea groups is 1. The molecule has 1 N–H and O–H groups in total. The van der Waals surface area contributed by atoms with Crippen molar-refractivity contribution in [3.05, 3.63) is 63.8 Å². The van der Waals surface area contributed by atoms with E-state index in [0.717, 1.165) is 4.90 Å². The molecule has 2 aromatic carbocycles. The molecule has 0 radical (unpaired) electrons. The molecule has 0 atom stereocenters. The first-order chi connectivity index (χ1) is 12.0. The number of ether oxygens (including phenoxy) is 1. The highest BCUT2D eigenvalue weighted by molar-refractivity contribution is 6.32. The molecule has 2 aromatic rings. The van der Waals surface area contributed by atoms with Crippen molar-refractivity contribution in [1.82, 2.24) is 5.32 Å². The third-order valence-corrected chi connectivity index (χ3v) is 4.02. The average molecular weight is 377 g/mol. The lowest BCUT2D eigenvalue weighted by Gasteiger charge is -2.11. The lowest BCUT2D eigenvalue weighted by molar-refractivity contribution is -0.113. The van der Waals surface area contributed by atoms with Crippen molar-refractivity contribution in [1.29, 1.82) is 0 Å². The summed E-state index contributed by atoms with van der Waals surface area (Å²) in [5, 5.41) is 3.59. The molecule has 0 aromatic heterocycles. The van der Waals surface area contributed by atoms with E-state index in [1.165, 1.54) is 0 Å². The van der Waals surface area contributed by atoms with Crippen LogP contribution < -0.4 is 15.0 Å². The van der Waals surface area contributed by atoms with Crippen LogP contribution in [0.25, 0.3) is 6.08 Å². The van der Waals surface area contributed by atoms with E-state index in [4.69, 9.17) is 27.9 Å². The average Bonchev–Trinajstić information content (AvgIpc) is 2.85. The summed E-state index contributed by atoms with van der Waals surface area (Å²) in [4.78, 5) is 25.9. The topological polar surface area (TPSA) is 58.6 Å². The van der Waals surface area contributed by atoms with Crippen molar-refractivity contribution < 1.29 is 14.3 Å². The van der Waals surface area contributed by atoms with Crippen LogP contribution in [-0.4, -0.2) is 18.5 Å². The number of nitrogens with zero attached hydrogens (tertiary/aromatic N) is 1. The summed E-state index contributed by atoms with van der Waals surface area (Å²) < 4.78 is 5.53. The van der Waals surface area contributed by atoms with Gasteiger partial charge in [-0.05, 0) is 55.5 Å². The van der Waals surface area contributed by atoms with E-state index in [1.807, 2.05) is 6.92 Å². The molecule has 5 nitrogen and oxygen atoms in total. The summed E-state index contributed by atoms with van der Waals surface area (Å²) in [5.41, 5.74) is 1.19. The van der Waals surface area contributed by atoms with Gasteiger partial charge in [0.25, 0.3) is 5.91 Å². The predicted molar refractivity (Wildman–Crippen MR) is 98.1 cm³/mol. The molecule has 3 rings (SSSR count). The second-order valence-electron chi connectivity index (χ2n) is 5.22. The molecule has 0 unspecified atom stereocenters. The second-order valence-corrected chi connectivity index (χ2v) is 6.09. The summed E-state index contributed by atoms with van der Waals surface area (Å²) in [5.74, 6) is 0.112. The summed E-state index contributed by atoms with van der Waals surface area (Å²) in [6.07, 6.45) is 1.55. The minimum atomic E-state index is -0.529. The smallest absolute Gasteiger partial charge is 0.333 e. The van der Waals surface area contributed by atoms with Crippen molar-refractivity contribution in [2.75, 3.05) is 11.5 Å². The van der Waals surface area contributed by atoms with Crippen molar-refractivity contribution >= 4 is 46.9 Å². The van der Waals surface area contributed by atoms with E-state index in [9.17, 15) is 9.59 Å². The Hall–Kier alpha value is -2.50. The number of amides is 3. The number of anilines is 1. The number of halogens is 2. The van der Waals surface area contributed by atoms with Crippen LogP contribution in [0.2, 0.25) is 10.0 Å². The van der Waals surface area contributed by atoms with Gasteiger partial charge in [0.15, 0.2) is 0 Å². The number of nitrogens with one attached hydrogen (secondary N) is 1. The Morgan fingerprint density at radius 1 is 1.08 bits per heavy atom. The molecule has 0 spiro atoms. The molecule has 0 bridgehead atoms. The van der Waals surface area contributed by atoms with Crippen LogP contribution in [0.3, 0.4) is 0 Å². The molecular formula is C18H14Cl2N2O3. The molecule has 1 fully saturated rings. The lowest BCUT2D eigenvalue weighted by atomic mass is 10.1. The number of carbonyl (C=O) groups is 2. The Morgan fingerprint density at radius 3 is 2.44 bits per heavy atom. The predicted octanol–water partition coefficient (Wildman–Crippen LogP) is 4.49. The maximum atomic E-state index is 12.6. The molecule has 0 saturated carbocycles. The van der Waals surface area contributed by atoms with E-state index >= 15 is 0 Å². The van der Waals surface area contributed by atoms with E-state index in [-0.39, 0.29) is 5.70 Å². The van der Waals surface area contributed by atoms with Gasteiger partial charge < -0.3 is 10.1 Å². The molecule has 25 heavy (non-hydrogen) atoms. The van der Waals surface area contributed by atoms with E-state index in [2.05, 4.69) is 5.32 Å². The number of imide groups is 1. The summed E-state index contributed by atoms with van der Waals surface area (Å²) >= 11 is 11.9. The van der Waals surface area contributed by atoms with Gasteiger partial charge in [0.1, 0.15) is 11.4 Å². The SMILES string of the molecule is CCOc1ccc(Cl)cc1/C=C1\NC(=O)N(c2ccc(Cl)cc2)C1=O. The fourth-order valence-corrected chi connectivity index (χ4v) is 2.74. The van der Waals surface area contributed by atoms with Gasteiger partial charge in [0, 0.05) is 15.6 Å². The number of hydrogen-bond acceptors (Lipinski definition) is 3. The van der Waals surface area contributed by atoms with Gasteiger partial charge in [-0.3, -0.25) is 4.79 Å². The number of hydrogen-bond donors (Lipinski definition) is 1. The van der Waals surface area contributed by atoms with Gasteiger partial charge in [-0.15, -0.1) is 0 Å². The van der Waals surface area contributed by atoms with E-state index in [1.54, 1.807) is 48.5 Å². The Kier molecular flexibility index (Phi) is 4.97. The van der Waals surface area contributed by atoms with E-state index < -0.39 is 11.9 Å². The quantitative estimate of drug-likeness (QED) is 0.631. The maximum Gasteiger partial charge on any atom is 0.333 e. The Labute approximate surface area is 154 Å². The lowest BCUT2D eigenvalue weighted by Crippen LogP contribution is -2.30. The maximum absolute atomic E-state index is 12.6. The van der Waals surface area contributed by atoms with Crippen molar-refractivity contribution in [3.8, 4) is 5.75 Å². The largest absolute Gasteiger partial charge is 0.493 e. The first-order valence-electron chi connectivity index (χ1n) is 7.54. The first kappa shape index (κ1) is 17.3. The number of carbonyl (C=O) groups excluding carboxylic acids is 2. The van der Waals surface area contributed by atoms with Crippen LogP contribution in [-0.2, 0) is 4.79 Å². The molecule has 0 aliphatic carbocycles. The second kappa shape index (κ2) is 7.17. The third kappa shape index (κ3) is 3.62. The number of rotatable bonds is 4. The van der Waals surface area contributed by atoms with Crippen LogP contribution in [0.4, 0.5) is 10.5 Å². The fraction of sp³-hybridized carbons (Fsp3) is 0.111. The third-order valence-electron chi connectivity index (χ3n) is 3.53. The van der Waals surface area contributed by atoms with Crippen molar-refractivity contribution in [3.63, 3.8) is 0 Å². The molecule has 3 amide bonds. The molecule has 1 aliphatic heterocycles. The standard InChI is InChI=1S/C18H14Cl2N2O3/c1-2-25-16-8-5-13(20)9-11(16)10-15-17(23)22(18(24)21-15)14-6-3-12(19)4-7-14/h3-10H,2H2,1H3,(H,21,24)/b15-10-. The van der Waals surface area contributed by atoms with Gasteiger partial charge in [0.2, 0.25) is 0 Å². The normalized spacial score (nSPS) is 15.6. The van der Waals surface area contributed by atoms with Crippen LogP contribution >= 0.6 is 23.2 Å². The highest BCUT2D eigenvalue weighted by Crippen LogP contribution is 2.28. The zero-order valence-electron chi connectivity index (χ0n) is 13.3. The Bertz CT molecular complexity index is 863. The minimum absolute atomic E-state index is 0.142. The van der Waals surface area contributed by atoms with Gasteiger partial charge in [-0.1, -0.05) is 23.2 Å².